The van der Waals surface area contributed by atoms with E-state index < -0.39 is 17.7 Å². The number of nitrogens with zero attached hydrogens (tertiary/aromatic N) is 1. The van der Waals surface area contributed by atoms with Crippen molar-refractivity contribution in [3.05, 3.63) is 130 Å². The van der Waals surface area contributed by atoms with Gasteiger partial charge in [-0.25, -0.2) is 0 Å². The van der Waals surface area contributed by atoms with Crippen LogP contribution in [0.15, 0.2) is 101 Å². The standard InChI is InChI=1S/C32H29NO5/c1-3-22-11-13-24(14-12-22)29-28(31(35)32(36)33(29)19-26-10-7-17-37-26)30(34)25-15-16-27(21(2)18-25)38-20-23-8-5-4-6-9-23/h4-18,29,34H,3,19-20H2,1-2H3/b30-28-. The topological polar surface area (TPSA) is 80.0 Å². The number of hydrogen-bond acceptors (Lipinski definition) is 5. The van der Waals surface area contributed by atoms with Crippen molar-refractivity contribution in [3.8, 4) is 5.75 Å². The van der Waals surface area contributed by atoms with Crippen molar-refractivity contribution >= 4 is 17.4 Å². The molecule has 0 radical (unpaired) electrons. The largest absolute Gasteiger partial charge is 0.507 e. The van der Waals surface area contributed by atoms with Crippen molar-refractivity contribution < 1.29 is 23.8 Å². The van der Waals surface area contributed by atoms with Crippen molar-refractivity contribution in [2.24, 2.45) is 0 Å². The molecule has 6 heteroatoms. The quantitative estimate of drug-likeness (QED) is 0.171. The summed E-state index contributed by atoms with van der Waals surface area (Å²) in [6.07, 6.45) is 2.39. The maximum Gasteiger partial charge on any atom is 0.296 e. The van der Waals surface area contributed by atoms with Crippen LogP contribution in [0.25, 0.3) is 5.76 Å². The van der Waals surface area contributed by atoms with Crippen LogP contribution in [0.4, 0.5) is 0 Å². The Bertz CT molecular complexity index is 1470. The van der Waals surface area contributed by atoms with Gasteiger partial charge in [0.05, 0.1) is 24.4 Å². The molecule has 1 saturated heterocycles. The van der Waals surface area contributed by atoms with E-state index in [1.54, 1.807) is 30.3 Å². The summed E-state index contributed by atoms with van der Waals surface area (Å²) >= 11 is 0. The lowest BCUT2D eigenvalue weighted by Crippen LogP contribution is -2.29. The van der Waals surface area contributed by atoms with Gasteiger partial charge in [-0.3, -0.25) is 9.59 Å². The Balaban J connectivity index is 1.51. The molecule has 38 heavy (non-hydrogen) atoms. The van der Waals surface area contributed by atoms with Crippen LogP contribution in [0.2, 0.25) is 0 Å². The third-order valence-corrected chi connectivity index (χ3v) is 6.84. The fraction of sp³-hybridized carbons (Fsp3) is 0.188. The third-order valence-electron chi connectivity index (χ3n) is 6.84. The summed E-state index contributed by atoms with van der Waals surface area (Å²) < 4.78 is 11.4. The fourth-order valence-electron chi connectivity index (χ4n) is 4.75. The van der Waals surface area contributed by atoms with Gasteiger partial charge < -0.3 is 19.2 Å². The summed E-state index contributed by atoms with van der Waals surface area (Å²) in [4.78, 5) is 28.0. The minimum atomic E-state index is -0.750. The Morgan fingerprint density at radius 1 is 0.947 bits per heavy atom. The van der Waals surface area contributed by atoms with Crippen molar-refractivity contribution in [3.63, 3.8) is 0 Å². The van der Waals surface area contributed by atoms with Crippen LogP contribution in [0.3, 0.4) is 0 Å². The Hall–Kier alpha value is -4.58. The molecule has 1 aliphatic rings. The fourth-order valence-corrected chi connectivity index (χ4v) is 4.75. The lowest BCUT2D eigenvalue weighted by atomic mass is 9.94. The first kappa shape index (κ1) is 25.1. The molecule has 3 aromatic carbocycles. The van der Waals surface area contributed by atoms with Gasteiger partial charge in [0.2, 0.25) is 0 Å². The molecule has 5 rings (SSSR count). The van der Waals surface area contributed by atoms with Gasteiger partial charge in [0.25, 0.3) is 11.7 Å². The van der Waals surface area contributed by atoms with E-state index in [-0.39, 0.29) is 17.9 Å². The smallest absolute Gasteiger partial charge is 0.296 e. The molecule has 1 fully saturated rings. The van der Waals surface area contributed by atoms with Crippen LogP contribution in [-0.4, -0.2) is 21.7 Å². The molecule has 1 unspecified atom stereocenters. The number of aliphatic hydroxyl groups is 1. The lowest BCUT2D eigenvalue weighted by molar-refractivity contribution is -0.140. The molecule has 1 aromatic heterocycles. The normalized spacial score (nSPS) is 16.7. The zero-order valence-corrected chi connectivity index (χ0v) is 21.4. The molecule has 1 N–H and O–H groups in total. The summed E-state index contributed by atoms with van der Waals surface area (Å²) in [6.45, 7) is 4.47. The number of amides is 1. The highest BCUT2D eigenvalue weighted by atomic mass is 16.5. The van der Waals surface area contributed by atoms with E-state index in [0.717, 1.165) is 28.7 Å². The van der Waals surface area contributed by atoms with E-state index >= 15 is 0 Å². The molecule has 0 aliphatic carbocycles. The second kappa shape index (κ2) is 10.8. The first-order chi connectivity index (χ1) is 18.5. The Morgan fingerprint density at radius 3 is 2.37 bits per heavy atom. The summed E-state index contributed by atoms with van der Waals surface area (Å²) in [5.74, 6) is -0.381. The Morgan fingerprint density at radius 2 is 1.71 bits per heavy atom. The van der Waals surface area contributed by atoms with Crippen molar-refractivity contribution in [2.45, 2.75) is 39.5 Å². The van der Waals surface area contributed by atoms with Crippen LogP contribution in [0.5, 0.6) is 5.75 Å². The summed E-state index contributed by atoms with van der Waals surface area (Å²) in [7, 11) is 0. The molecule has 6 nitrogen and oxygen atoms in total. The van der Waals surface area contributed by atoms with Gasteiger partial charge in [-0.1, -0.05) is 61.5 Å². The summed E-state index contributed by atoms with van der Waals surface area (Å²) in [5.41, 5.74) is 4.24. The van der Waals surface area contributed by atoms with Crippen molar-refractivity contribution in [1.82, 2.24) is 4.90 Å². The molecule has 4 aromatic rings. The number of ketones is 1. The maximum atomic E-state index is 13.3. The predicted octanol–water partition coefficient (Wildman–Crippen LogP) is 6.35. The highest BCUT2D eigenvalue weighted by Gasteiger charge is 2.46. The Labute approximate surface area is 221 Å². The first-order valence-electron chi connectivity index (χ1n) is 12.6. The molecule has 0 spiro atoms. The van der Waals surface area contributed by atoms with Crippen molar-refractivity contribution in [1.29, 1.82) is 0 Å². The highest BCUT2D eigenvalue weighted by molar-refractivity contribution is 6.46. The number of hydrogen-bond donors (Lipinski definition) is 1. The number of furan rings is 1. The molecule has 0 saturated carbocycles. The number of benzene rings is 3. The minimum absolute atomic E-state index is 0.0585. The van der Waals surface area contributed by atoms with Crippen LogP contribution in [0, 0.1) is 6.92 Å². The number of rotatable bonds is 8. The maximum absolute atomic E-state index is 13.3. The number of Topliss-reactive ketones (excluding diaryl/α,β-unsaturated/α-hetero) is 1. The van der Waals surface area contributed by atoms with Gasteiger partial charge in [-0.2, -0.15) is 0 Å². The van der Waals surface area contributed by atoms with E-state index in [0.29, 0.717) is 23.7 Å². The highest BCUT2D eigenvalue weighted by Crippen LogP contribution is 2.41. The zero-order chi connectivity index (χ0) is 26.6. The number of ether oxygens (including phenoxy) is 1. The van der Waals surface area contributed by atoms with Crippen molar-refractivity contribution in [2.75, 3.05) is 0 Å². The number of carbonyl (C=O) groups is 2. The number of aliphatic hydroxyl groups excluding tert-OH is 1. The monoisotopic (exact) mass is 507 g/mol. The lowest BCUT2D eigenvalue weighted by Gasteiger charge is -2.24. The molecule has 2 heterocycles. The van der Waals surface area contributed by atoms with Crippen LogP contribution >= 0.6 is 0 Å². The second-order valence-corrected chi connectivity index (χ2v) is 9.36. The van der Waals surface area contributed by atoms with Crippen LogP contribution in [-0.2, 0) is 29.2 Å². The van der Waals surface area contributed by atoms with Crippen LogP contribution in [0.1, 0.15) is 46.5 Å². The van der Waals surface area contributed by atoms with E-state index in [1.807, 2.05) is 61.5 Å². The third kappa shape index (κ3) is 4.98. The molecule has 0 bridgehead atoms. The average Bonchev–Trinajstić information content (AvgIpc) is 3.55. The van der Waals surface area contributed by atoms with E-state index in [2.05, 4.69) is 6.92 Å². The number of aryl methyl sites for hydroxylation is 2. The predicted molar refractivity (Wildman–Crippen MR) is 144 cm³/mol. The zero-order valence-electron chi connectivity index (χ0n) is 21.4. The van der Waals surface area contributed by atoms with E-state index in [1.165, 1.54) is 11.2 Å². The van der Waals surface area contributed by atoms with Gasteiger partial charge in [0.1, 0.15) is 23.9 Å². The molecule has 1 amide bonds. The number of carbonyl (C=O) groups excluding carboxylic acids is 2. The Kier molecular flexibility index (Phi) is 7.13. The first-order valence-corrected chi connectivity index (χ1v) is 12.6. The van der Waals surface area contributed by atoms with E-state index in [4.69, 9.17) is 9.15 Å². The van der Waals surface area contributed by atoms with E-state index in [9.17, 15) is 14.7 Å². The van der Waals surface area contributed by atoms with Gasteiger partial charge in [0.15, 0.2) is 0 Å². The summed E-state index contributed by atoms with van der Waals surface area (Å²) in [5, 5.41) is 11.4. The van der Waals surface area contributed by atoms with Gasteiger partial charge >= 0.3 is 0 Å². The molecule has 192 valence electrons. The molecular weight excluding hydrogens is 478 g/mol. The van der Waals surface area contributed by atoms with Gasteiger partial charge in [0, 0.05) is 5.56 Å². The minimum Gasteiger partial charge on any atom is -0.507 e. The second-order valence-electron chi connectivity index (χ2n) is 9.36. The summed E-state index contributed by atoms with van der Waals surface area (Å²) in [6, 6.07) is 25.6. The number of likely N-dealkylation sites (tertiary alicyclic amines) is 1. The molecular formula is C32H29NO5. The van der Waals surface area contributed by atoms with Gasteiger partial charge in [-0.15, -0.1) is 0 Å². The van der Waals surface area contributed by atoms with Gasteiger partial charge in [-0.05, 0) is 65.9 Å². The SMILES string of the molecule is CCc1ccc(C2/C(=C(/O)c3ccc(OCc4ccccc4)c(C)c3)C(=O)C(=O)N2Cc2ccco2)cc1. The average molecular weight is 508 g/mol. The molecule has 1 atom stereocenters. The molecule has 1 aliphatic heterocycles. The van der Waals surface area contributed by atoms with Crippen LogP contribution < -0.4 is 4.74 Å².